The standard InChI is InChI=1S/C18H18N2O3/c21-18(22)17(20-23)15-7-2-1-5-13(15)14-6-3-4-8-16(14)19-11-12-9-10-12/h1-8,12,19,23H,9-11H2,(H,21,22). The summed E-state index contributed by atoms with van der Waals surface area (Å²) in [5, 5.41) is 24.7. The largest absolute Gasteiger partial charge is 0.476 e. The Morgan fingerprint density at radius 2 is 1.74 bits per heavy atom. The van der Waals surface area contributed by atoms with Crippen molar-refractivity contribution in [2.24, 2.45) is 11.1 Å². The number of hydrogen-bond acceptors (Lipinski definition) is 4. The molecule has 5 nitrogen and oxygen atoms in total. The number of carboxylic acid groups (broad SMARTS) is 1. The average Bonchev–Trinajstić information content (AvgIpc) is 3.38. The fraction of sp³-hybridized carbons (Fsp3) is 0.222. The Morgan fingerprint density at radius 1 is 1.09 bits per heavy atom. The lowest BCUT2D eigenvalue weighted by atomic mass is 9.95. The summed E-state index contributed by atoms with van der Waals surface area (Å²) in [6.07, 6.45) is 2.51. The molecule has 0 aromatic heterocycles. The number of carbonyl (C=O) groups is 1. The van der Waals surface area contributed by atoms with Crippen LogP contribution in [-0.2, 0) is 4.79 Å². The zero-order valence-corrected chi connectivity index (χ0v) is 12.6. The van der Waals surface area contributed by atoms with Crippen LogP contribution in [0.5, 0.6) is 0 Å². The van der Waals surface area contributed by atoms with Crippen molar-refractivity contribution >= 4 is 17.4 Å². The Morgan fingerprint density at radius 3 is 2.39 bits per heavy atom. The highest BCUT2D eigenvalue weighted by atomic mass is 16.4. The van der Waals surface area contributed by atoms with Crippen molar-refractivity contribution in [3.05, 3.63) is 54.1 Å². The molecule has 0 radical (unpaired) electrons. The number of rotatable bonds is 6. The van der Waals surface area contributed by atoms with E-state index >= 15 is 0 Å². The fourth-order valence-corrected chi connectivity index (χ4v) is 2.58. The molecule has 1 fully saturated rings. The van der Waals surface area contributed by atoms with Crippen molar-refractivity contribution in [3.8, 4) is 11.1 Å². The van der Waals surface area contributed by atoms with Gasteiger partial charge in [-0.3, -0.25) is 0 Å². The van der Waals surface area contributed by atoms with E-state index < -0.39 is 5.97 Å². The van der Waals surface area contributed by atoms with Crippen LogP contribution in [0.15, 0.2) is 53.7 Å². The van der Waals surface area contributed by atoms with Crippen LogP contribution in [0.3, 0.4) is 0 Å². The van der Waals surface area contributed by atoms with Crippen molar-refractivity contribution < 1.29 is 15.1 Å². The van der Waals surface area contributed by atoms with E-state index in [1.165, 1.54) is 12.8 Å². The number of benzene rings is 2. The fourth-order valence-electron chi connectivity index (χ4n) is 2.58. The van der Waals surface area contributed by atoms with E-state index in [0.717, 1.165) is 29.3 Å². The van der Waals surface area contributed by atoms with Crippen LogP contribution in [0.4, 0.5) is 5.69 Å². The maximum Gasteiger partial charge on any atom is 0.358 e. The maximum atomic E-state index is 11.3. The van der Waals surface area contributed by atoms with Gasteiger partial charge in [0.05, 0.1) is 0 Å². The van der Waals surface area contributed by atoms with Crippen molar-refractivity contribution in [1.29, 1.82) is 0 Å². The Labute approximate surface area is 134 Å². The number of nitrogens with one attached hydrogen (secondary N) is 1. The predicted octanol–water partition coefficient (Wildman–Crippen LogP) is 3.44. The molecule has 0 heterocycles. The highest BCUT2D eigenvalue weighted by Gasteiger charge is 2.22. The lowest BCUT2D eigenvalue weighted by Gasteiger charge is -2.14. The summed E-state index contributed by atoms with van der Waals surface area (Å²) in [7, 11) is 0. The second-order valence-electron chi connectivity index (χ2n) is 5.67. The molecule has 0 atom stereocenters. The van der Waals surface area contributed by atoms with Crippen LogP contribution >= 0.6 is 0 Å². The van der Waals surface area contributed by atoms with Gasteiger partial charge < -0.3 is 15.6 Å². The van der Waals surface area contributed by atoms with E-state index in [9.17, 15) is 9.90 Å². The molecule has 2 aromatic carbocycles. The summed E-state index contributed by atoms with van der Waals surface area (Å²) < 4.78 is 0. The molecule has 118 valence electrons. The van der Waals surface area contributed by atoms with Gasteiger partial charge in [-0.1, -0.05) is 47.6 Å². The summed E-state index contributed by atoms with van der Waals surface area (Å²) in [5.41, 5.74) is 2.60. The molecule has 1 aliphatic carbocycles. The molecule has 3 N–H and O–H groups in total. The monoisotopic (exact) mass is 310 g/mol. The molecule has 0 spiro atoms. The van der Waals surface area contributed by atoms with Gasteiger partial charge in [0, 0.05) is 23.4 Å². The Kier molecular flexibility index (Phi) is 4.28. The number of hydrogen-bond donors (Lipinski definition) is 3. The lowest BCUT2D eigenvalue weighted by molar-refractivity contribution is -0.129. The molecular formula is C18H18N2O3. The third kappa shape index (κ3) is 3.34. The summed E-state index contributed by atoms with van der Waals surface area (Å²) >= 11 is 0. The third-order valence-electron chi connectivity index (χ3n) is 3.98. The molecule has 5 heteroatoms. The van der Waals surface area contributed by atoms with Gasteiger partial charge in [0.15, 0.2) is 5.71 Å². The van der Waals surface area contributed by atoms with E-state index in [2.05, 4.69) is 10.5 Å². The second-order valence-corrected chi connectivity index (χ2v) is 5.67. The summed E-state index contributed by atoms with van der Waals surface area (Å²) in [6.45, 7) is 0.916. The van der Waals surface area contributed by atoms with Gasteiger partial charge in [0.25, 0.3) is 0 Å². The molecule has 0 aliphatic heterocycles. The average molecular weight is 310 g/mol. The highest BCUT2D eigenvalue weighted by Crippen LogP contribution is 2.33. The minimum atomic E-state index is -1.26. The first-order valence-electron chi connectivity index (χ1n) is 7.58. The van der Waals surface area contributed by atoms with Gasteiger partial charge in [-0.15, -0.1) is 0 Å². The Hall–Kier alpha value is -2.82. The van der Waals surface area contributed by atoms with E-state index in [4.69, 9.17) is 5.21 Å². The quantitative estimate of drug-likeness (QED) is 0.434. The number of carboxylic acids is 1. The van der Waals surface area contributed by atoms with E-state index in [0.29, 0.717) is 5.56 Å². The van der Waals surface area contributed by atoms with E-state index in [1.54, 1.807) is 12.1 Å². The van der Waals surface area contributed by atoms with Crippen LogP contribution in [0.25, 0.3) is 11.1 Å². The summed E-state index contributed by atoms with van der Waals surface area (Å²) in [6, 6.07) is 14.8. The molecule has 1 aliphatic rings. The van der Waals surface area contributed by atoms with Gasteiger partial charge in [-0.2, -0.15) is 0 Å². The number of para-hydroxylation sites is 1. The first kappa shape index (κ1) is 15.1. The van der Waals surface area contributed by atoms with Crippen LogP contribution < -0.4 is 5.32 Å². The number of nitrogens with zero attached hydrogens (tertiary/aromatic N) is 1. The van der Waals surface area contributed by atoms with Crippen LogP contribution in [0.1, 0.15) is 18.4 Å². The molecule has 3 rings (SSSR count). The van der Waals surface area contributed by atoms with E-state index in [1.807, 2.05) is 36.4 Å². The van der Waals surface area contributed by atoms with Crippen LogP contribution in [0, 0.1) is 5.92 Å². The van der Waals surface area contributed by atoms with Crippen LogP contribution in [0.2, 0.25) is 0 Å². The zero-order valence-electron chi connectivity index (χ0n) is 12.6. The molecular weight excluding hydrogens is 292 g/mol. The topological polar surface area (TPSA) is 81.9 Å². The van der Waals surface area contributed by atoms with Gasteiger partial charge in [0.1, 0.15) is 0 Å². The highest BCUT2D eigenvalue weighted by molar-refractivity contribution is 6.43. The predicted molar refractivity (Wildman–Crippen MR) is 89.1 cm³/mol. The minimum absolute atomic E-state index is 0.363. The van der Waals surface area contributed by atoms with Crippen molar-refractivity contribution in [3.63, 3.8) is 0 Å². The maximum absolute atomic E-state index is 11.3. The SMILES string of the molecule is O=C(O)C(=NO)c1ccccc1-c1ccccc1NCC1CC1. The first-order chi connectivity index (χ1) is 11.2. The molecule has 23 heavy (non-hydrogen) atoms. The Balaban J connectivity index is 2.03. The molecule has 0 saturated heterocycles. The van der Waals surface area contributed by atoms with Gasteiger partial charge in [-0.05, 0) is 30.4 Å². The van der Waals surface area contributed by atoms with Gasteiger partial charge in [0.2, 0.25) is 0 Å². The molecule has 0 bridgehead atoms. The van der Waals surface area contributed by atoms with Crippen molar-refractivity contribution in [2.45, 2.75) is 12.8 Å². The lowest BCUT2D eigenvalue weighted by Crippen LogP contribution is -2.15. The van der Waals surface area contributed by atoms with E-state index in [-0.39, 0.29) is 5.71 Å². The third-order valence-corrected chi connectivity index (χ3v) is 3.98. The summed E-state index contributed by atoms with van der Waals surface area (Å²) in [4.78, 5) is 11.3. The summed E-state index contributed by atoms with van der Waals surface area (Å²) in [5.74, 6) is -0.532. The minimum Gasteiger partial charge on any atom is -0.476 e. The molecule has 0 amide bonds. The number of oxime groups is 1. The van der Waals surface area contributed by atoms with Crippen LogP contribution in [-0.4, -0.2) is 28.5 Å². The normalized spacial score (nSPS) is 14.5. The van der Waals surface area contributed by atoms with Crippen molar-refractivity contribution in [2.75, 3.05) is 11.9 Å². The van der Waals surface area contributed by atoms with Crippen molar-refractivity contribution in [1.82, 2.24) is 0 Å². The molecule has 1 saturated carbocycles. The second kappa shape index (κ2) is 6.52. The van der Waals surface area contributed by atoms with Gasteiger partial charge >= 0.3 is 5.97 Å². The number of aliphatic carboxylic acids is 1. The number of anilines is 1. The first-order valence-corrected chi connectivity index (χ1v) is 7.58. The van der Waals surface area contributed by atoms with Gasteiger partial charge in [-0.25, -0.2) is 4.79 Å². The smallest absolute Gasteiger partial charge is 0.358 e. The molecule has 0 unspecified atom stereocenters. The molecule has 2 aromatic rings. The Bertz CT molecular complexity index is 751. The zero-order chi connectivity index (χ0) is 16.2.